The fourth-order valence-electron chi connectivity index (χ4n) is 4.43. The maximum atomic E-state index is 13.0. The van der Waals surface area contributed by atoms with Crippen LogP contribution in [0.5, 0.6) is 0 Å². The minimum absolute atomic E-state index is 0.228. The van der Waals surface area contributed by atoms with Gasteiger partial charge >= 0.3 is 5.97 Å². The summed E-state index contributed by atoms with van der Waals surface area (Å²) in [6, 6.07) is 37.2. The van der Waals surface area contributed by atoms with Crippen LogP contribution in [-0.4, -0.2) is 26.7 Å². The Balaban J connectivity index is 1.52. The van der Waals surface area contributed by atoms with Gasteiger partial charge in [-0.25, -0.2) is 0 Å². The lowest BCUT2D eigenvalue weighted by Gasteiger charge is -2.23. The average Bonchev–Trinajstić information content (AvgIpc) is 2.91. The second-order valence-corrected chi connectivity index (χ2v) is 9.05. The maximum absolute atomic E-state index is 13.0. The zero-order valence-electron chi connectivity index (χ0n) is 21.3. The SMILES string of the molecule is CCOC(=O)C(c1ccc(N(C)Cc2ccccc2)cc1)c1ccc(N(C)Cc2ccccc2)cc1. The van der Waals surface area contributed by atoms with Crippen LogP contribution >= 0.6 is 0 Å². The molecule has 0 aliphatic heterocycles. The molecule has 36 heavy (non-hydrogen) atoms. The average molecular weight is 479 g/mol. The lowest BCUT2D eigenvalue weighted by molar-refractivity contribution is -0.143. The Kier molecular flexibility index (Phi) is 8.40. The third kappa shape index (κ3) is 6.33. The van der Waals surface area contributed by atoms with Crippen molar-refractivity contribution in [2.45, 2.75) is 25.9 Å². The summed E-state index contributed by atoms with van der Waals surface area (Å²) >= 11 is 0. The fraction of sp³-hybridized carbons (Fsp3) is 0.219. The number of benzene rings is 4. The summed E-state index contributed by atoms with van der Waals surface area (Å²) in [5.41, 5.74) is 6.56. The van der Waals surface area contributed by atoms with E-state index in [1.807, 2.05) is 43.3 Å². The molecule has 4 heteroatoms. The number of carbonyl (C=O) groups is 1. The second kappa shape index (κ2) is 12.1. The van der Waals surface area contributed by atoms with E-state index in [0.717, 1.165) is 35.6 Å². The van der Waals surface area contributed by atoms with E-state index in [2.05, 4.69) is 96.7 Å². The van der Waals surface area contributed by atoms with Crippen molar-refractivity contribution in [3.63, 3.8) is 0 Å². The summed E-state index contributed by atoms with van der Waals surface area (Å²) in [5.74, 6) is -0.694. The number of rotatable bonds is 10. The number of esters is 1. The zero-order valence-corrected chi connectivity index (χ0v) is 21.3. The third-order valence-corrected chi connectivity index (χ3v) is 6.38. The molecule has 4 aromatic carbocycles. The summed E-state index contributed by atoms with van der Waals surface area (Å²) < 4.78 is 5.47. The lowest BCUT2D eigenvalue weighted by Crippen LogP contribution is -2.19. The van der Waals surface area contributed by atoms with Crippen LogP contribution in [0.4, 0.5) is 11.4 Å². The predicted molar refractivity (Wildman–Crippen MR) is 148 cm³/mol. The van der Waals surface area contributed by atoms with Crippen molar-refractivity contribution in [3.8, 4) is 0 Å². The monoisotopic (exact) mass is 478 g/mol. The van der Waals surface area contributed by atoms with Crippen molar-refractivity contribution >= 4 is 17.3 Å². The summed E-state index contributed by atoms with van der Waals surface area (Å²) in [7, 11) is 4.16. The molecule has 0 N–H and O–H groups in total. The van der Waals surface area contributed by atoms with E-state index in [1.54, 1.807) is 0 Å². The fourth-order valence-corrected chi connectivity index (χ4v) is 4.43. The molecule has 0 saturated heterocycles. The number of ether oxygens (including phenoxy) is 1. The molecule has 0 bridgehead atoms. The van der Waals surface area contributed by atoms with Crippen LogP contribution in [0.25, 0.3) is 0 Å². The van der Waals surface area contributed by atoms with Crippen LogP contribution in [-0.2, 0) is 22.6 Å². The molecule has 0 unspecified atom stereocenters. The first-order valence-corrected chi connectivity index (χ1v) is 12.4. The molecule has 0 heterocycles. The Morgan fingerprint density at radius 3 is 1.39 bits per heavy atom. The van der Waals surface area contributed by atoms with Crippen molar-refractivity contribution in [2.24, 2.45) is 0 Å². The number of anilines is 2. The molecule has 0 aromatic heterocycles. The van der Waals surface area contributed by atoms with Gasteiger partial charge in [0, 0.05) is 38.6 Å². The van der Waals surface area contributed by atoms with Crippen molar-refractivity contribution in [3.05, 3.63) is 131 Å². The van der Waals surface area contributed by atoms with Crippen LogP contribution in [0.2, 0.25) is 0 Å². The van der Waals surface area contributed by atoms with Gasteiger partial charge in [0.25, 0.3) is 0 Å². The second-order valence-electron chi connectivity index (χ2n) is 9.05. The number of hydrogen-bond donors (Lipinski definition) is 0. The zero-order chi connectivity index (χ0) is 25.3. The molecule has 0 atom stereocenters. The van der Waals surface area contributed by atoms with Gasteiger partial charge < -0.3 is 14.5 Å². The van der Waals surface area contributed by atoms with Gasteiger partial charge in [0.2, 0.25) is 0 Å². The molecule has 0 aliphatic rings. The first-order chi connectivity index (χ1) is 17.5. The van der Waals surface area contributed by atoms with Crippen LogP contribution in [0.1, 0.15) is 35.1 Å². The molecule has 0 aliphatic carbocycles. The van der Waals surface area contributed by atoms with Crippen LogP contribution in [0.15, 0.2) is 109 Å². The van der Waals surface area contributed by atoms with Crippen molar-refractivity contribution in [1.82, 2.24) is 0 Å². The Morgan fingerprint density at radius 2 is 1.03 bits per heavy atom. The molecule has 0 fully saturated rings. The third-order valence-electron chi connectivity index (χ3n) is 6.38. The van der Waals surface area contributed by atoms with E-state index in [1.165, 1.54) is 11.1 Å². The lowest BCUT2D eigenvalue weighted by atomic mass is 9.91. The summed E-state index contributed by atoms with van der Waals surface area (Å²) in [6.45, 7) is 3.84. The van der Waals surface area contributed by atoms with Gasteiger partial charge in [-0.3, -0.25) is 4.79 Å². The Labute approximate surface area is 214 Å². The number of nitrogens with zero attached hydrogens (tertiary/aromatic N) is 2. The predicted octanol–water partition coefficient (Wildman–Crippen LogP) is 6.65. The number of hydrogen-bond acceptors (Lipinski definition) is 4. The van der Waals surface area contributed by atoms with E-state index >= 15 is 0 Å². The minimum atomic E-state index is -0.466. The standard InChI is InChI=1S/C32H34N2O2/c1-4-36-32(35)31(27-15-19-29(20-16-27)33(2)23-25-11-7-5-8-12-25)28-17-21-30(22-18-28)34(3)24-26-13-9-6-10-14-26/h5-22,31H,4,23-24H2,1-3H3. The highest BCUT2D eigenvalue weighted by molar-refractivity contribution is 5.82. The summed E-state index contributed by atoms with van der Waals surface area (Å²) in [4.78, 5) is 17.4. The topological polar surface area (TPSA) is 32.8 Å². The first-order valence-electron chi connectivity index (χ1n) is 12.4. The van der Waals surface area contributed by atoms with Gasteiger partial charge in [-0.1, -0.05) is 84.9 Å². The van der Waals surface area contributed by atoms with E-state index in [4.69, 9.17) is 4.74 Å². The van der Waals surface area contributed by atoms with E-state index in [0.29, 0.717) is 6.61 Å². The van der Waals surface area contributed by atoms with Gasteiger partial charge in [0.15, 0.2) is 0 Å². The molecule has 0 spiro atoms. The smallest absolute Gasteiger partial charge is 0.317 e. The van der Waals surface area contributed by atoms with Crippen LogP contribution in [0.3, 0.4) is 0 Å². The van der Waals surface area contributed by atoms with Gasteiger partial charge in [-0.2, -0.15) is 0 Å². The summed E-state index contributed by atoms with van der Waals surface area (Å²) in [5, 5.41) is 0. The van der Waals surface area contributed by atoms with Gasteiger partial charge in [-0.15, -0.1) is 0 Å². The van der Waals surface area contributed by atoms with Gasteiger partial charge in [-0.05, 0) is 53.4 Å². The molecular formula is C32H34N2O2. The quantitative estimate of drug-likeness (QED) is 0.239. The molecule has 0 amide bonds. The number of carbonyl (C=O) groups excluding carboxylic acids is 1. The normalized spacial score (nSPS) is 10.8. The molecule has 4 aromatic rings. The molecule has 0 radical (unpaired) electrons. The highest BCUT2D eigenvalue weighted by atomic mass is 16.5. The Hall–Kier alpha value is -4.05. The van der Waals surface area contributed by atoms with Gasteiger partial charge in [0.05, 0.1) is 6.61 Å². The van der Waals surface area contributed by atoms with E-state index < -0.39 is 5.92 Å². The first kappa shape index (κ1) is 25.1. The highest BCUT2D eigenvalue weighted by Gasteiger charge is 2.24. The van der Waals surface area contributed by atoms with Crippen LogP contribution < -0.4 is 9.80 Å². The van der Waals surface area contributed by atoms with E-state index in [9.17, 15) is 4.79 Å². The van der Waals surface area contributed by atoms with Crippen molar-refractivity contribution in [1.29, 1.82) is 0 Å². The molecule has 4 rings (SSSR count). The van der Waals surface area contributed by atoms with Gasteiger partial charge in [0.1, 0.15) is 5.92 Å². The Bertz CT molecular complexity index is 1130. The highest BCUT2D eigenvalue weighted by Crippen LogP contribution is 2.30. The minimum Gasteiger partial charge on any atom is -0.465 e. The maximum Gasteiger partial charge on any atom is 0.317 e. The molecule has 0 saturated carbocycles. The van der Waals surface area contributed by atoms with Crippen LogP contribution in [0, 0.1) is 0 Å². The molecular weight excluding hydrogens is 444 g/mol. The van der Waals surface area contributed by atoms with E-state index in [-0.39, 0.29) is 5.97 Å². The largest absolute Gasteiger partial charge is 0.465 e. The van der Waals surface area contributed by atoms with Crippen molar-refractivity contribution in [2.75, 3.05) is 30.5 Å². The van der Waals surface area contributed by atoms with Crippen molar-refractivity contribution < 1.29 is 9.53 Å². The molecule has 4 nitrogen and oxygen atoms in total. The molecule has 184 valence electrons. The Morgan fingerprint density at radius 1 is 0.639 bits per heavy atom. The summed E-state index contributed by atoms with van der Waals surface area (Å²) in [6.07, 6.45) is 0.